The number of anilines is 1. The van der Waals surface area contributed by atoms with Crippen LogP contribution < -0.4 is 16.0 Å². The molecule has 1 aromatic carbocycles. The number of amides is 1. The first kappa shape index (κ1) is 18.1. The van der Waals surface area contributed by atoms with Crippen LogP contribution in [0.2, 0.25) is 0 Å². The molecule has 1 amide bonds. The molecule has 7 nitrogen and oxygen atoms in total. The third-order valence-electron chi connectivity index (χ3n) is 4.75. The smallest absolute Gasteiger partial charge is 0.239 e. The predicted molar refractivity (Wildman–Crippen MR) is 99.4 cm³/mol. The number of hydrogen-bond acceptors (Lipinski definition) is 6. The molecule has 4 N–H and O–H groups in total. The molecule has 2 aromatic rings. The van der Waals surface area contributed by atoms with Crippen molar-refractivity contribution in [1.29, 1.82) is 5.26 Å². The van der Waals surface area contributed by atoms with Crippen LogP contribution in [0.15, 0.2) is 30.5 Å². The van der Waals surface area contributed by atoms with Crippen molar-refractivity contribution in [2.45, 2.75) is 25.4 Å². The SMILES string of the molecule is C[C@H]1C[C@@H](NC(=O)[C@H](N)CO)CN(c2ccc(C#N)c3ncccc23)C1. The van der Waals surface area contributed by atoms with Crippen LogP contribution in [-0.2, 0) is 4.79 Å². The van der Waals surface area contributed by atoms with E-state index in [0.29, 0.717) is 23.5 Å². The number of aromatic nitrogens is 1. The molecule has 0 radical (unpaired) electrons. The molecule has 0 unspecified atom stereocenters. The van der Waals surface area contributed by atoms with E-state index in [-0.39, 0.29) is 18.6 Å². The van der Waals surface area contributed by atoms with E-state index in [1.54, 1.807) is 12.3 Å². The number of carbonyl (C=O) groups excluding carboxylic acids is 1. The van der Waals surface area contributed by atoms with Crippen LogP contribution >= 0.6 is 0 Å². The summed E-state index contributed by atoms with van der Waals surface area (Å²) in [5.41, 5.74) is 7.85. The number of carbonyl (C=O) groups is 1. The number of fused-ring (bicyclic) bond motifs is 1. The molecule has 0 spiro atoms. The molecule has 1 saturated heterocycles. The quantitative estimate of drug-likeness (QED) is 0.747. The molecule has 1 aliphatic rings. The Balaban J connectivity index is 1.88. The third-order valence-corrected chi connectivity index (χ3v) is 4.75. The Kier molecular flexibility index (Phi) is 5.35. The summed E-state index contributed by atoms with van der Waals surface area (Å²) in [5, 5.41) is 22.2. The zero-order chi connectivity index (χ0) is 18.7. The number of aliphatic hydroxyl groups is 1. The van der Waals surface area contributed by atoms with Gasteiger partial charge in [-0.3, -0.25) is 9.78 Å². The number of benzene rings is 1. The summed E-state index contributed by atoms with van der Waals surface area (Å²) in [5.74, 6) is 0.0414. The number of hydrogen-bond donors (Lipinski definition) is 3. The van der Waals surface area contributed by atoms with Crippen molar-refractivity contribution in [3.63, 3.8) is 0 Å². The molecule has 26 heavy (non-hydrogen) atoms. The minimum absolute atomic E-state index is 0.0498. The first-order valence-electron chi connectivity index (χ1n) is 8.73. The topological polar surface area (TPSA) is 115 Å². The Morgan fingerprint density at radius 2 is 2.31 bits per heavy atom. The van der Waals surface area contributed by atoms with Crippen LogP contribution in [0.4, 0.5) is 5.69 Å². The van der Waals surface area contributed by atoms with Gasteiger partial charge in [0.15, 0.2) is 0 Å². The van der Waals surface area contributed by atoms with Gasteiger partial charge in [-0.15, -0.1) is 0 Å². The van der Waals surface area contributed by atoms with Crippen LogP contribution in [0, 0.1) is 17.2 Å². The molecular formula is C19H23N5O2. The number of piperidine rings is 1. The maximum Gasteiger partial charge on any atom is 0.239 e. The summed E-state index contributed by atoms with van der Waals surface area (Å²) >= 11 is 0. The lowest BCUT2D eigenvalue weighted by molar-refractivity contribution is -0.124. The van der Waals surface area contributed by atoms with Gasteiger partial charge in [0.1, 0.15) is 12.1 Å². The summed E-state index contributed by atoms with van der Waals surface area (Å²) in [6, 6.07) is 8.80. The van der Waals surface area contributed by atoms with E-state index in [9.17, 15) is 10.1 Å². The van der Waals surface area contributed by atoms with Gasteiger partial charge in [0.05, 0.1) is 17.7 Å². The molecular weight excluding hydrogens is 330 g/mol. The van der Waals surface area contributed by atoms with Crippen LogP contribution in [0.3, 0.4) is 0 Å². The summed E-state index contributed by atoms with van der Waals surface area (Å²) < 4.78 is 0. The summed E-state index contributed by atoms with van der Waals surface area (Å²) in [6.45, 7) is 3.27. The molecule has 1 aliphatic heterocycles. The molecule has 3 atom stereocenters. The number of pyridine rings is 1. The number of nitrogens with two attached hydrogens (primary N) is 1. The monoisotopic (exact) mass is 353 g/mol. The predicted octanol–water partition coefficient (Wildman–Crippen LogP) is 0.757. The van der Waals surface area contributed by atoms with E-state index in [0.717, 1.165) is 24.0 Å². The number of nitrogens with one attached hydrogen (secondary N) is 1. The van der Waals surface area contributed by atoms with E-state index in [4.69, 9.17) is 10.8 Å². The maximum absolute atomic E-state index is 12.0. The van der Waals surface area contributed by atoms with Gasteiger partial charge in [0.25, 0.3) is 0 Å². The third kappa shape index (κ3) is 3.62. The van der Waals surface area contributed by atoms with Crippen molar-refractivity contribution in [1.82, 2.24) is 10.3 Å². The highest BCUT2D eigenvalue weighted by molar-refractivity contribution is 5.95. The summed E-state index contributed by atoms with van der Waals surface area (Å²) in [4.78, 5) is 18.6. The van der Waals surface area contributed by atoms with Gasteiger partial charge in [-0.05, 0) is 36.6 Å². The fourth-order valence-electron chi connectivity index (χ4n) is 3.57. The van der Waals surface area contributed by atoms with Crippen LogP contribution in [0.5, 0.6) is 0 Å². The van der Waals surface area contributed by atoms with Crippen LogP contribution in [-0.4, -0.2) is 47.8 Å². The standard InChI is InChI=1S/C19H23N5O2/c1-12-7-14(23-19(26)16(21)11-25)10-24(9-12)17-5-4-13(8-20)18-15(17)3-2-6-22-18/h2-6,12,14,16,25H,7,9-11,21H2,1H3,(H,23,26)/t12-,14+,16+/m0/s1. The second kappa shape index (κ2) is 7.68. The van der Waals surface area contributed by atoms with E-state index < -0.39 is 6.04 Å². The largest absolute Gasteiger partial charge is 0.394 e. The lowest BCUT2D eigenvalue weighted by Gasteiger charge is -2.39. The molecule has 3 rings (SSSR count). The van der Waals surface area contributed by atoms with Crippen LogP contribution in [0.1, 0.15) is 18.9 Å². The van der Waals surface area contributed by atoms with Crippen molar-refractivity contribution >= 4 is 22.5 Å². The number of nitriles is 1. The van der Waals surface area contributed by atoms with Gasteiger partial charge < -0.3 is 21.1 Å². The van der Waals surface area contributed by atoms with Gasteiger partial charge in [-0.2, -0.15) is 5.26 Å². The van der Waals surface area contributed by atoms with Gasteiger partial charge in [-0.25, -0.2) is 0 Å². The Labute approximate surface area is 152 Å². The Morgan fingerprint density at radius 3 is 3.04 bits per heavy atom. The van der Waals surface area contributed by atoms with E-state index >= 15 is 0 Å². The fourth-order valence-corrected chi connectivity index (χ4v) is 3.57. The van der Waals surface area contributed by atoms with Crippen molar-refractivity contribution in [2.24, 2.45) is 11.7 Å². The highest BCUT2D eigenvalue weighted by Crippen LogP contribution is 2.31. The summed E-state index contributed by atoms with van der Waals surface area (Å²) in [7, 11) is 0. The maximum atomic E-state index is 12.0. The van der Waals surface area contributed by atoms with Crippen LogP contribution in [0.25, 0.3) is 10.9 Å². The van der Waals surface area contributed by atoms with Crippen molar-refractivity contribution in [3.8, 4) is 6.07 Å². The molecule has 2 heterocycles. The number of aliphatic hydroxyl groups excluding tert-OH is 1. The first-order valence-corrected chi connectivity index (χ1v) is 8.73. The van der Waals surface area contributed by atoms with Crippen molar-refractivity contribution < 1.29 is 9.90 Å². The molecule has 1 aromatic heterocycles. The van der Waals surface area contributed by atoms with Gasteiger partial charge in [0.2, 0.25) is 5.91 Å². The molecule has 0 bridgehead atoms. The normalized spacial score (nSPS) is 21.2. The Hall–Kier alpha value is -2.69. The lowest BCUT2D eigenvalue weighted by Crippen LogP contribution is -2.54. The van der Waals surface area contributed by atoms with E-state index in [1.165, 1.54) is 0 Å². The molecule has 0 saturated carbocycles. The number of nitrogens with zero attached hydrogens (tertiary/aromatic N) is 3. The minimum Gasteiger partial charge on any atom is -0.394 e. The minimum atomic E-state index is -0.902. The molecule has 7 heteroatoms. The second-order valence-corrected chi connectivity index (χ2v) is 6.88. The Bertz CT molecular complexity index is 847. The van der Waals surface area contributed by atoms with E-state index in [2.05, 4.69) is 28.2 Å². The highest BCUT2D eigenvalue weighted by Gasteiger charge is 2.28. The summed E-state index contributed by atoms with van der Waals surface area (Å²) in [6.07, 6.45) is 2.54. The van der Waals surface area contributed by atoms with Gasteiger partial charge in [0, 0.05) is 36.4 Å². The molecule has 1 fully saturated rings. The zero-order valence-corrected chi connectivity index (χ0v) is 14.7. The molecule has 0 aliphatic carbocycles. The fraction of sp³-hybridized carbons (Fsp3) is 0.421. The lowest BCUT2D eigenvalue weighted by atomic mass is 9.94. The van der Waals surface area contributed by atoms with E-state index in [1.807, 2.05) is 18.2 Å². The average molecular weight is 353 g/mol. The van der Waals surface area contributed by atoms with Crippen molar-refractivity contribution in [3.05, 3.63) is 36.0 Å². The van der Waals surface area contributed by atoms with Gasteiger partial charge >= 0.3 is 0 Å². The number of rotatable bonds is 4. The van der Waals surface area contributed by atoms with Gasteiger partial charge in [-0.1, -0.05) is 6.92 Å². The van der Waals surface area contributed by atoms with Crippen molar-refractivity contribution in [2.75, 3.05) is 24.6 Å². The zero-order valence-electron chi connectivity index (χ0n) is 14.7. The molecule has 136 valence electrons. The Morgan fingerprint density at radius 1 is 1.50 bits per heavy atom. The second-order valence-electron chi connectivity index (χ2n) is 6.88. The average Bonchev–Trinajstić information content (AvgIpc) is 2.65. The first-order chi connectivity index (χ1) is 12.5. The highest BCUT2D eigenvalue weighted by atomic mass is 16.3.